The first kappa shape index (κ1) is 20.3. The summed E-state index contributed by atoms with van der Waals surface area (Å²) in [5.74, 6) is 0.422. The van der Waals surface area contributed by atoms with Crippen molar-refractivity contribution in [1.82, 2.24) is 21.0 Å². The number of rotatable bonds is 4. The molecule has 1 aromatic heterocycles. The summed E-state index contributed by atoms with van der Waals surface area (Å²) in [7, 11) is 0. The lowest BCUT2D eigenvalue weighted by Crippen LogP contribution is -2.44. The number of hydrogen-bond donors (Lipinski definition) is 4. The van der Waals surface area contributed by atoms with Crippen molar-refractivity contribution in [2.75, 3.05) is 11.9 Å². The molecule has 4 N–H and O–H groups in total. The van der Waals surface area contributed by atoms with Crippen molar-refractivity contribution in [3.05, 3.63) is 90.1 Å². The van der Waals surface area contributed by atoms with Gasteiger partial charge in [-0.1, -0.05) is 48.5 Å². The van der Waals surface area contributed by atoms with Crippen molar-refractivity contribution >= 4 is 17.6 Å². The topological polar surface area (TPSA) is 108 Å². The Morgan fingerprint density at radius 3 is 2.55 bits per heavy atom. The van der Waals surface area contributed by atoms with Crippen LogP contribution in [-0.2, 0) is 6.42 Å². The van der Waals surface area contributed by atoms with E-state index in [2.05, 4.69) is 32.4 Å². The number of hydrogen-bond acceptors (Lipinski definition) is 4. The predicted molar refractivity (Wildman–Crippen MR) is 125 cm³/mol. The second-order valence-corrected chi connectivity index (χ2v) is 7.57. The molecule has 4 aromatic rings. The smallest absolute Gasteiger partial charge is 0.337 e. The van der Waals surface area contributed by atoms with Gasteiger partial charge in [0, 0.05) is 17.7 Å². The minimum atomic E-state index is -0.564. The van der Waals surface area contributed by atoms with Gasteiger partial charge in [-0.25, -0.2) is 10.2 Å². The van der Waals surface area contributed by atoms with Crippen molar-refractivity contribution in [3.8, 4) is 28.1 Å². The molecular formula is C25H21N5O3. The molecule has 0 saturated carbocycles. The van der Waals surface area contributed by atoms with Gasteiger partial charge < -0.3 is 10.1 Å². The fraction of sp³-hybridized carbons (Fsp3) is 0.0800. The maximum Gasteiger partial charge on any atom is 0.337 e. The highest BCUT2D eigenvalue weighted by Gasteiger charge is 2.14. The number of benzene rings is 3. The number of amides is 3. The zero-order valence-corrected chi connectivity index (χ0v) is 17.6. The highest BCUT2D eigenvalue weighted by atomic mass is 16.5. The van der Waals surface area contributed by atoms with Crippen LogP contribution in [0.2, 0.25) is 0 Å². The van der Waals surface area contributed by atoms with Crippen LogP contribution in [0, 0.1) is 0 Å². The molecule has 2 heterocycles. The van der Waals surface area contributed by atoms with Crippen LogP contribution in [0.1, 0.15) is 16.1 Å². The van der Waals surface area contributed by atoms with E-state index in [-0.39, 0.29) is 5.69 Å². The number of H-pyrrole nitrogens is 1. The second-order valence-electron chi connectivity index (χ2n) is 7.57. The van der Waals surface area contributed by atoms with Gasteiger partial charge in [-0.15, -0.1) is 0 Å². The highest BCUT2D eigenvalue weighted by molar-refractivity contribution is 5.96. The second kappa shape index (κ2) is 8.88. The summed E-state index contributed by atoms with van der Waals surface area (Å²) in [4.78, 5) is 24.6. The number of nitrogens with zero attached hydrogens (tertiary/aromatic N) is 1. The van der Waals surface area contributed by atoms with Gasteiger partial charge in [0.05, 0.1) is 12.3 Å². The molecule has 0 spiro atoms. The number of fused-ring (bicyclic) bond motifs is 1. The third-order valence-electron chi connectivity index (χ3n) is 5.32. The molecule has 1 aliphatic heterocycles. The predicted octanol–water partition coefficient (Wildman–Crippen LogP) is 4.15. The lowest BCUT2D eigenvalue weighted by atomic mass is 10.0. The SMILES string of the molecule is O=C(NNC(=O)c1cc(-c2ccccc2)n[nH]1)Nc1cccc(-c2ccc3c(c2)CCO3)c1. The molecule has 5 rings (SSSR count). The summed E-state index contributed by atoms with van der Waals surface area (Å²) in [5.41, 5.74) is 10.3. The van der Waals surface area contributed by atoms with Crippen LogP contribution in [0.4, 0.5) is 10.5 Å². The van der Waals surface area contributed by atoms with E-state index in [1.165, 1.54) is 5.56 Å². The van der Waals surface area contributed by atoms with Crippen molar-refractivity contribution in [3.63, 3.8) is 0 Å². The van der Waals surface area contributed by atoms with Crippen molar-refractivity contribution in [2.24, 2.45) is 0 Å². The fourth-order valence-electron chi connectivity index (χ4n) is 3.68. The van der Waals surface area contributed by atoms with Crippen LogP contribution in [0.25, 0.3) is 22.4 Å². The molecule has 3 amide bonds. The summed E-state index contributed by atoms with van der Waals surface area (Å²) >= 11 is 0. The molecule has 8 heteroatoms. The molecule has 0 fully saturated rings. The largest absolute Gasteiger partial charge is 0.493 e. The lowest BCUT2D eigenvalue weighted by molar-refractivity contribution is 0.0933. The normalized spacial score (nSPS) is 11.9. The molecule has 0 bridgehead atoms. The molecule has 33 heavy (non-hydrogen) atoms. The summed E-state index contributed by atoms with van der Waals surface area (Å²) in [5, 5.41) is 9.55. The first-order valence-electron chi connectivity index (χ1n) is 10.5. The van der Waals surface area contributed by atoms with Gasteiger partial charge in [0.15, 0.2) is 0 Å². The van der Waals surface area contributed by atoms with E-state index in [0.717, 1.165) is 28.9 Å². The van der Waals surface area contributed by atoms with Crippen LogP contribution in [0.15, 0.2) is 78.9 Å². The van der Waals surface area contributed by atoms with Gasteiger partial charge in [0.25, 0.3) is 5.91 Å². The quantitative estimate of drug-likeness (QED) is 0.358. The summed E-state index contributed by atoms with van der Waals surface area (Å²) in [6, 6.07) is 24.1. The van der Waals surface area contributed by atoms with Gasteiger partial charge in [-0.2, -0.15) is 5.10 Å². The van der Waals surface area contributed by atoms with Gasteiger partial charge in [-0.05, 0) is 47.0 Å². The zero-order chi connectivity index (χ0) is 22.6. The Bertz CT molecular complexity index is 1320. The molecule has 8 nitrogen and oxygen atoms in total. The van der Waals surface area contributed by atoms with Gasteiger partial charge >= 0.3 is 6.03 Å². The van der Waals surface area contributed by atoms with E-state index in [9.17, 15) is 9.59 Å². The Hall–Kier alpha value is -4.59. The van der Waals surface area contributed by atoms with E-state index in [1.54, 1.807) is 12.1 Å². The monoisotopic (exact) mass is 439 g/mol. The average Bonchev–Trinajstić information content (AvgIpc) is 3.53. The Kier molecular flexibility index (Phi) is 5.47. The molecule has 0 aliphatic carbocycles. The van der Waals surface area contributed by atoms with Crippen molar-refractivity contribution < 1.29 is 14.3 Å². The maximum absolute atomic E-state index is 12.3. The number of hydrazine groups is 1. The molecule has 0 radical (unpaired) electrons. The van der Waals surface area contributed by atoms with Gasteiger partial charge in [0.1, 0.15) is 11.4 Å². The van der Waals surface area contributed by atoms with Crippen LogP contribution in [0.3, 0.4) is 0 Å². The van der Waals surface area contributed by atoms with Gasteiger partial charge in [-0.3, -0.25) is 15.3 Å². The molecule has 3 aromatic carbocycles. The van der Waals surface area contributed by atoms with Crippen LogP contribution >= 0.6 is 0 Å². The Morgan fingerprint density at radius 1 is 0.848 bits per heavy atom. The number of nitrogens with one attached hydrogen (secondary N) is 4. The van der Waals surface area contributed by atoms with Crippen LogP contribution in [0.5, 0.6) is 5.75 Å². The standard InChI is InChI=1S/C25H21N5O3/c31-24(22-15-21(27-28-22)16-5-2-1-3-6-16)29-30-25(32)26-20-8-4-7-17(14-20)18-9-10-23-19(13-18)11-12-33-23/h1-10,13-15H,11-12H2,(H,27,28)(H,29,31)(H2,26,30,32). The number of aromatic amines is 1. The Morgan fingerprint density at radius 2 is 1.67 bits per heavy atom. The van der Waals surface area contributed by atoms with E-state index < -0.39 is 11.9 Å². The number of aromatic nitrogens is 2. The van der Waals surface area contributed by atoms with Crippen molar-refractivity contribution in [2.45, 2.75) is 6.42 Å². The Labute approximate surface area is 190 Å². The molecule has 1 aliphatic rings. The first-order valence-corrected chi connectivity index (χ1v) is 10.5. The number of carbonyl (C=O) groups is 2. The molecule has 0 saturated heterocycles. The average molecular weight is 439 g/mol. The number of anilines is 1. The van der Waals surface area contributed by atoms with Crippen molar-refractivity contribution in [1.29, 1.82) is 0 Å². The Balaban J connectivity index is 1.19. The zero-order valence-electron chi connectivity index (χ0n) is 17.6. The van der Waals surface area contributed by atoms with Gasteiger partial charge in [0.2, 0.25) is 0 Å². The molecular weight excluding hydrogens is 418 g/mol. The first-order chi connectivity index (χ1) is 16.2. The van der Waals surface area contributed by atoms with E-state index in [0.29, 0.717) is 18.0 Å². The summed E-state index contributed by atoms with van der Waals surface area (Å²) in [6.45, 7) is 0.707. The third kappa shape index (κ3) is 4.54. The van der Waals surface area contributed by atoms with Crippen LogP contribution in [-0.4, -0.2) is 28.7 Å². The molecule has 0 unspecified atom stereocenters. The van der Waals surface area contributed by atoms with E-state index in [4.69, 9.17) is 4.74 Å². The maximum atomic E-state index is 12.3. The fourth-order valence-corrected chi connectivity index (χ4v) is 3.68. The third-order valence-corrected chi connectivity index (χ3v) is 5.32. The highest BCUT2D eigenvalue weighted by Crippen LogP contribution is 2.31. The van der Waals surface area contributed by atoms with Crippen LogP contribution < -0.4 is 20.9 Å². The van der Waals surface area contributed by atoms with E-state index in [1.807, 2.05) is 60.7 Å². The molecule has 0 atom stereocenters. The number of urea groups is 1. The number of ether oxygens (including phenoxy) is 1. The minimum absolute atomic E-state index is 0.233. The summed E-state index contributed by atoms with van der Waals surface area (Å²) in [6.07, 6.45) is 0.895. The number of carbonyl (C=O) groups excluding carboxylic acids is 2. The van der Waals surface area contributed by atoms with E-state index >= 15 is 0 Å². The minimum Gasteiger partial charge on any atom is -0.493 e. The lowest BCUT2D eigenvalue weighted by Gasteiger charge is -2.10. The molecule has 164 valence electrons. The summed E-state index contributed by atoms with van der Waals surface area (Å²) < 4.78 is 5.56.